The Balaban J connectivity index is 1.35. The van der Waals surface area contributed by atoms with Crippen LogP contribution in [0.5, 0.6) is 0 Å². The van der Waals surface area contributed by atoms with Crippen LogP contribution < -0.4 is 5.32 Å². The zero-order valence-electron chi connectivity index (χ0n) is 10.4. The Morgan fingerprint density at radius 1 is 1.17 bits per heavy atom. The fourth-order valence-corrected chi connectivity index (χ4v) is 6.64. The number of thiophene rings is 1. The lowest BCUT2D eigenvalue weighted by molar-refractivity contribution is 0.420. The second-order valence-corrected chi connectivity index (χ2v) is 8.47. The predicted molar refractivity (Wildman–Crippen MR) is 75.1 cm³/mol. The highest BCUT2D eigenvalue weighted by molar-refractivity contribution is 7.16. The summed E-state index contributed by atoms with van der Waals surface area (Å²) in [7, 11) is 0. The molecule has 4 aliphatic rings. The molecule has 0 aromatic carbocycles. The van der Waals surface area contributed by atoms with E-state index in [4.69, 9.17) is 11.6 Å². The third kappa shape index (κ3) is 1.32. The molecule has 0 aliphatic heterocycles. The molecule has 0 radical (unpaired) electrons. The fraction of sp³-hybridized carbons (Fsp3) is 0.733. The summed E-state index contributed by atoms with van der Waals surface area (Å²) in [5.74, 6) is 4.23. The zero-order valence-corrected chi connectivity index (χ0v) is 11.9. The topological polar surface area (TPSA) is 12.0 Å². The van der Waals surface area contributed by atoms with Crippen LogP contribution in [-0.4, -0.2) is 6.04 Å². The molecule has 5 rings (SSSR count). The van der Waals surface area contributed by atoms with Crippen LogP contribution in [0.25, 0.3) is 0 Å². The molecule has 1 nitrogen and oxygen atoms in total. The first-order valence-electron chi connectivity index (χ1n) is 7.35. The van der Waals surface area contributed by atoms with Crippen LogP contribution in [0.4, 0.5) is 0 Å². The standard InChI is InChI=1S/C15H18ClNS/c16-12-6-9-10(3-4-11(9)18-12)17-15-13-7-1-2-8(5-7)14(13)15/h6-8,10,13-15,17H,1-5H2. The third-order valence-electron chi connectivity index (χ3n) is 5.98. The second-order valence-electron chi connectivity index (χ2n) is 6.70. The van der Waals surface area contributed by atoms with Crippen LogP contribution in [0.2, 0.25) is 4.34 Å². The van der Waals surface area contributed by atoms with Crippen molar-refractivity contribution in [3.05, 3.63) is 20.8 Å². The molecule has 1 aromatic rings. The van der Waals surface area contributed by atoms with Crippen LogP contribution in [0, 0.1) is 23.7 Å². The van der Waals surface area contributed by atoms with Gasteiger partial charge in [0, 0.05) is 17.0 Å². The van der Waals surface area contributed by atoms with Crippen LogP contribution in [0.15, 0.2) is 6.07 Å². The lowest BCUT2D eigenvalue weighted by atomic mass is 10.0. The molecule has 1 heterocycles. The average molecular weight is 280 g/mol. The van der Waals surface area contributed by atoms with E-state index < -0.39 is 0 Å². The molecule has 3 heteroatoms. The van der Waals surface area contributed by atoms with Gasteiger partial charge >= 0.3 is 0 Å². The summed E-state index contributed by atoms with van der Waals surface area (Å²) in [6, 6.07) is 3.67. The molecule has 18 heavy (non-hydrogen) atoms. The number of fused-ring (bicyclic) bond motifs is 6. The van der Waals surface area contributed by atoms with E-state index in [2.05, 4.69) is 11.4 Å². The summed E-state index contributed by atoms with van der Waals surface area (Å²) < 4.78 is 0.975. The van der Waals surface area contributed by atoms with Gasteiger partial charge in [-0.1, -0.05) is 11.6 Å². The molecule has 5 atom stereocenters. The van der Waals surface area contributed by atoms with Gasteiger partial charge in [-0.05, 0) is 67.4 Å². The maximum absolute atomic E-state index is 6.14. The Morgan fingerprint density at radius 2 is 1.94 bits per heavy atom. The first kappa shape index (κ1) is 10.7. The highest BCUT2D eigenvalue weighted by atomic mass is 35.5. The van der Waals surface area contributed by atoms with Gasteiger partial charge in [0.25, 0.3) is 0 Å². The van der Waals surface area contributed by atoms with Crippen molar-refractivity contribution in [2.45, 2.75) is 44.2 Å². The molecule has 1 aromatic heterocycles. The Hall–Kier alpha value is -0.0500. The minimum atomic E-state index is 0.610. The first-order valence-corrected chi connectivity index (χ1v) is 8.55. The first-order chi connectivity index (χ1) is 8.81. The minimum absolute atomic E-state index is 0.610. The molecule has 3 saturated carbocycles. The van der Waals surface area contributed by atoms with Crippen molar-refractivity contribution in [1.82, 2.24) is 5.32 Å². The maximum atomic E-state index is 6.14. The summed E-state index contributed by atoms with van der Waals surface area (Å²) in [5.41, 5.74) is 1.52. The van der Waals surface area contributed by atoms with Crippen molar-refractivity contribution in [2.75, 3.05) is 0 Å². The lowest BCUT2D eigenvalue weighted by Gasteiger charge is -2.16. The van der Waals surface area contributed by atoms with E-state index in [0.29, 0.717) is 6.04 Å². The summed E-state index contributed by atoms with van der Waals surface area (Å²) >= 11 is 7.93. The van der Waals surface area contributed by atoms with Gasteiger partial charge in [0.05, 0.1) is 4.34 Å². The number of halogens is 1. The van der Waals surface area contributed by atoms with Crippen LogP contribution in [0.1, 0.15) is 42.2 Å². The molecule has 96 valence electrons. The van der Waals surface area contributed by atoms with Crippen LogP contribution in [-0.2, 0) is 6.42 Å². The number of nitrogens with one attached hydrogen (secondary N) is 1. The zero-order chi connectivity index (χ0) is 11.9. The molecule has 3 fully saturated rings. The molecule has 0 amide bonds. The van der Waals surface area contributed by atoms with E-state index in [1.165, 1.54) is 36.1 Å². The average Bonchev–Trinajstić information content (AvgIpc) is 2.81. The predicted octanol–water partition coefficient (Wildman–Crippen LogP) is 4.02. The number of rotatable bonds is 2. The highest BCUT2D eigenvalue weighted by Gasteiger charge is 2.65. The SMILES string of the molecule is Clc1cc2c(s1)CCC2NC1C2C3CCC(C3)C12. The van der Waals surface area contributed by atoms with E-state index in [9.17, 15) is 0 Å². The number of hydrogen-bond donors (Lipinski definition) is 1. The smallest absolute Gasteiger partial charge is 0.0934 e. The second kappa shape index (κ2) is 3.53. The van der Waals surface area contributed by atoms with Gasteiger partial charge in [0.15, 0.2) is 0 Å². The van der Waals surface area contributed by atoms with E-state index in [-0.39, 0.29) is 0 Å². The summed E-state index contributed by atoms with van der Waals surface area (Å²) in [6.07, 6.45) is 7.12. The van der Waals surface area contributed by atoms with Crippen molar-refractivity contribution < 1.29 is 0 Å². The molecular weight excluding hydrogens is 262 g/mol. The van der Waals surface area contributed by atoms with Crippen molar-refractivity contribution >= 4 is 22.9 Å². The monoisotopic (exact) mass is 279 g/mol. The maximum Gasteiger partial charge on any atom is 0.0934 e. The molecule has 5 unspecified atom stereocenters. The van der Waals surface area contributed by atoms with Crippen molar-refractivity contribution in [3.8, 4) is 0 Å². The van der Waals surface area contributed by atoms with E-state index in [1.54, 1.807) is 17.8 Å². The third-order valence-corrected chi connectivity index (χ3v) is 7.32. The summed E-state index contributed by atoms with van der Waals surface area (Å²) in [6.45, 7) is 0. The van der Waals surface area contributed by atoms with Crippen molar-refractivity contribution in [2.24, 2.45) is 23.7 Å². The Labute approximate surface area is 117 Å². The van der Waals surface area contributed by atoms with E-state index in [0.717, 1.165) is 34.0 Å². The molecule has 1 N–H and O–H groups in total. The van der Waals surface area contributed by atoms with Gasteiger partial charge in [0.2, 0.25) is 0 Å². The van der Waals surface area contributed by atoms with Gasteiger partial charge in [-0.15, -0.1) is 11.3 Å². The quantitative estimate of drug-likeness (QED) is 0.862. The highest BCUT2D eigenvalue weighted by Crippen LogP contribution is 2.66. The van der Waals surface area contributed by atoms with Gasteiger partial charge in [-0.25, -0.2) is 0 Å². The number of aryl methyl sites for hydroxylation is 1. The number of hydrogen-bond acceptors (Lipinski definition) is 2. The molecule has 4 aliphatic carbocycles. The van der Waals surface area contributed by atoms with Crippen LogP contribution >= 0.6 is 22.9 Å². The van der Waals surface area contributed by atoms with E-state index >= 15 is 0 Å². The molecule has 0 saturated heterocycles. The largest absolute Gasteiger partial charge is 0.307 e. The Kier molecular flexibility index (Phi) is 2.10. The Morgan fingerprint density at radius 3 is 2.72 bits per heavy atom. The van der Waals surface area contributed by atoms with Gasteiger partial charge in [-0.2, -0.15) is 0 Å². The molecule has 2 bridgehead atoms. The minimum Gasteiger partial charge on any atom is -0.307 e. The van der Waals surface area contributed by atoms with Crippen molar-refractivity contribution in [3.63, 3.8) is 0 Å². The normalized spacial score (nSPS) is 47.4. The van der Waals surface area contributed by atoms with Gasteiger partial charge in [-0.3, -0.25) is 0 Å². The fourth-order valence-electron chi connectivity index (χ4n) is 5.28. The van der Waals surface area contributed by atoms with E-state index in [1.807, 2.05) is 0 Å². The summed E-state index contributed by atoms with van der Waals surface area (Å²) in [5, 5.41) is 3.97. The van der Waals surface area contributed by atoms with Gasteiger partial charge < -0.3 is 5.32 Å². The van der Waals surface area contributed by atoms with Gasteiger partial charge in [0.1, 0.15) is 0 Å². The summed E-state index contributed by atoms with van der Waals surface area (Å²) in [4.78, 5) is 1.53. The molecular formula is C15H18ClNS. The lowest BCUT2D eigenvalue weighted by Crippen LogP contribution is -2.26. The van der Waals surface area contributed by atoms with Crippen molar-refractivity contribution in [1.29, 1.82) is 0 Å². The Bertz CT molecular complexity index is 495. The van der Waals surface area contributed by atoms with Crippen LogP contribution in [0.3, 0.4) is 0 Å². The molecule has 0 spiro atoms.